The van der Waals surface area contributed by atoms with E-state index in [1.54, 1.807) is 0 Å². The Balaban J connectivity index is 2.00. The van der Waals surface area contributed by atoms with Gasteiger partial charge in [-0.15, -0.1) is 0 Å². The van der Waals surface area contributed by atoms with E-state index in [0.717, 1.165) is 12.0 Å². The predicted molar refractivity (Wildman–Crippen MR) is 83.5 cm³/mol. The second kappa shape index (κ2) is 6.58. The molecule has 2 heteroatoms. The molecule has 3 unspecified atom stereocenters. The summed E-state index contributed by atoms with van der Waals surface area (Å²) in [6, 6.07) is 1.43. The molecule has 3 atom stereocenters. The number of rotatable bonds is 5. The van der Waals surface area contributed by atoms with Gasteiger partial charge in [-0.2, -0.15) is 0 Å². The molecule has 2 nitrogen and oxygen atoms in total. The van der Waals surface area contributed by atoms with Crippen molar-refractivity contribution in [2.24, 2.45) is 11.3 Å². The van der Waals surface area contributed by atoms with Crippen LogP contribution in [-0.2, 0) is 0 Å². The lowest BCUT2D eigenvalue weighted by Crippen LogP contribution is -2.48. The zero-order valence-corrected chi connectivity index (χ0v) is 13.5. The number of hydrogen-bond acceptors (Lipinski definition) is 2. The van der Waals surface area contributed by atoms with Gasteiger partial charge in [0.2, 0.25) is 0 Å². The monoisotopic (exact) mass is 266 g/mol. The maximum Gasteiger partial charge on any atom is 0.00676 e. The van der Waals surface area contributed by atoms with Crippen molar-refractivity contribution in [1.82, 2.24) is 10.2 Å². The van der Waals surface area contributed by atoms with Crippen LogP contribution >= 0.6 is 0 Å². The Bertz CT molecular complexity index is 276. The van der Waals surface area contributed by atoms with E-state index >= 15 is 0 Å². The molecule has 2 aliphatic rings. The Morgan fingerprint density at radius 2 is 2.00 bits per heavy atom. The Kier molecular flexibility index (Phi) is 5.30. The fourth-order valence-corrected chi connectivity index (χ4v) is 4.21. The molecule has 1 saturated carbocycles. The first kappa shape index (κ1) is 15.3. The lowest BCUT2D eigenvalue weighted by Gasteiger charge is -2.44. The van der Waals surface area contributed by atoms with Gasteiger partial charge in [-0.3, -0.25) is 0 Å². The first-order valence-electron chi connectivity index (χ1n) is 8.48. The quantitative estimate of drug-likeness (QED) is 0.817. The molecule has 0 aromatic rings. The SMILES string of the molecule is CC1CCCC(CNC(C)C)(CN2CCCC2C)C1. The van der Waals surface area contributed by atoms with Gasteiger partial charge >= 0.3 is 0 Å². The molecule has 0 aromatic heterocycles. The van der Waals surface area contributed by atoms with Crippen LogP contribution in [0.2, 0.25) is 0 Å². The standard InChI is InChI=1S/C17H34N2/c1-14(2)18-12-17(9-5-7-15(3)11-17)13-19-10-6-8-16(19)4/h14-16,18H,5-13H2,1-4H3. The van der Waals surface area contributed by atoms with Crippen molar-refractivity contribution < 1.29 is 0 Å². The third kappa shape index (κ3) is 4.19. The minimum atomic E-state index is 0.542. The molecule has 112 valence electrons. The highest BCUT2D eigenvalue weighted by Crippen LogP contribution is 2.40. The average Bonchev–Trinajstić information content (AvgIpc) is 2.73. The molecular formula is C17H34N2. The van der Waals surface area contributed by atoms with Gasteiger partial charge in [0.25, 0.3) is 0 Å². The van der Waals surface area contributed by atoms with Crippen molar-refractivity contribution in [2.75, 3.05) is 19.6 Å². The van der Waals surface area contributed by atoms with Gasteiger partial charge in [-0.05, 0) is 50.5 Å². The highest BCUT2D eigenvalue weighted by molar-refractivity contribution is 4.92. The van der Waals surface area contributed by atoms with Crippen LogP contribution in [0, 0.1) is 11.3 Å². The minimum Gasteiger partial charge on any atom is -0.314 e. The smallest absolute Gasteiger partial charge is 0.00676 e. The molecule has 0 spiro atoms. The summed E-state index contributed by atoms with van der Waals surface area (Å²) in [5.74, 6) is 0.917. The van der Waals surface area contributed by atoms with Gasteiger partial charge in [0.15, 0.2) is 0 Å². The maximum absolute atomic E-state index is 3.74. The van der Waals surface area contributed by atoms with Crippen LogP contribution in [0.1, 0.15) is 66.2 Å². The van der Waals surface area contributed by atoms with Crippen LogP contribution in [0.25, 0.3) is 0 Å². The first-order chi connectivity index (χ1) is 9.01. The molecule has 2 fully saturated rings. The minimum absolute atomic E-state index is 0.542. The van der Waals surface area contributed by atoms with Crippen LogP contribution in [0.3, 0.4) is 0 Å². The molecule has 1 N–H and O–H groups in total. The van der Waals surface area contributed by atoms with Crippen LogP contribution in [0.5, 0.6) is 0 Å². The topological polar surface area (TPSA) is 15.3 Å². The predicted octanol–water partition coefficient (Wildman–Crippen LogP) is 3.67. The van der Waals surface area contributed by atoms with Crippen molar-refractivity contribution >= 4 is 0 Å². The highest BCUT2D eigenvalue weighted by Gasteiger charge is 2.38. The first-order valence-corrected chi connectivity index (χ1v) is 8.48. The van der Waals surface area contributed by atoms with Crippen molar-refractivity contribution in [3.05, 3.63) is 0 Å². The second-order valence-corrected chi connectivity index (χ2v) is 7.70. The van der Waals surface area contributed by atoms with Gasteiger partial charge in [-0.25, -0.2) is 0 Å². The highest BCUT2D eigenvalue weighted by atomic mass is 15.2. The lowest BCUT2D eigenvalue weighted by molar-refractivity contribution is 0.0752. The van der Waals surface area contributed by atoms with Gasteiger partial charge in [0.05, 0.1) is 0 Å². The van der Waals surface area contributed by atoms with E-state index < -0.39 is 0 Å². The molecule has 1 aliphatic heterocycles. The second-order valence-electron chi connectivity index (χ2n) is 7.70. The number of nitrogens with zero attached hydrogens (tertiary/aromatic N) is 1. The molecule has 1 saturated heterocycles. The summed E-state index contributed by atoms with van der Waals surface area (Å²) in [6.45, 7) is 13.3. The van der Waals surface area contributed by atoms with Gasteiger partial charge in [-0.1, -0.05) is 33.6 Å². The molecule has 2 rings (SSSR count). The number of likely N-dealkylation sites (tertiary alicyclic amines) is 1. The van der Waals surface area contributed by atoms with Crippen molar-refractivity contribution in [3.8, 4) is 0 Å². The Morgan fingerprint density at radius 3 is 2.58 bits per heavy atom. The van der Waals surface area contributed by atoms with Crippen molar-refractivity contribution in [3.63, 3.8) is 0 Å². The van der Waals surface area contributed by atoms with Crippen LogP contribution in [0.4, 0.5) is 0 Å². The summed E-state index contributed by atoms with van der Waals surface area (Å²) in [5, 5.41) is 3.74. The third-order valence-electron chi connectivity index (χ3n) is 5.30. The van der Waals surface area contributed by atoms with E-state index in [2.05, 4.69) is 37.9 Å². The summed E-state index contributed by atoms with van der Waals surface area (Å²) < 4.78 is 0. The molecule has 0 amide bonds. The molecule has 19 heavy (non-hydrogen) atoms. The summed E-state index contributed by atoms with van der Waals surface area (Å²) in [5.41, 5.74) is 0.542. The van der Waals surface area contributed by atoms with Crippen LogP contribution in [-0.4, -0.2) is 36.6 Å². The van der Waals surface area contributed by atoms with Gasteiger partial charge in [0.1, 0.15) is 0 Å². The number of hydrogen-bond donors (Lipinski definition) is 1. The van der Waals surface area contributed by atoms with E-state index in [1.165, 1.54) is 58.2 Å². The molecule has 0 aromatic carbocycles. The summed E-state index contributed by atoms with van der Waals surface area (Å²) in [4.78, 5) is 2.76. The molecule has 0 bridgehead atoms. The van der Waals surface area contributed by atoms with Crippen molar-refractivity contribution in [1.29, 1.82) is 0 Å². The zero-order chi connectivity index (χ0) is 13.9. The third-order valence-corrected chi connectivity index (χ3v) is 5.30. The normalized spacial score (nSPS) is 37.1. The fourth-order valence-electron chi connectivity index (χ4n) is 4.21. The molecule has 1 aliphatic carbocycles. The largest absolute Gasteiger partial charge is 0.314 e. The average molecular weight is 266 g/mol. The van der Waals surface area contributed by atoms with E-state index in [1.807, 2.05) is 0 Å². The van der Waals surface area contributed by atoms with Crippen molar-refractivity contribution in [2.45, 2.75) is 78.3 Å². The van der Waals surface area contributed by atoms with E-state index in [0.29, 0.717) is 11.5 Å². The lowest BCUT2D eigenvalue weighted by atomic mass is 9.69. The maximum atomic E-state index is 3.74. The fraction of sp³-hybridized carbons (Fsp3) is 1.00. The van der Waals surface area contributed by atoms with E-state index in [9.17, 15) is 0 Å². The Hall–Kier alpha value is -0.0800. The Morgan fingerprint density at radius 1 is 1.21 bits per heavy atom. The van der Waals surface area contributed by atoms with Crippen LogP contribution < -0.4 is 5.32 Å². The summed E-state index contributed by atoms with van der Waals surface area (Å²) in [6.07, 6.45) is 8.55. The Labute approximate surface area is 120 Å². The zero-order valence-electron chi connectivity index (χ0n) is 13.5. The van der Waals surface area contributed by atoms with E-state index in [4.69, 9.17) is 0 Å². The molecular weight excluding hydrogens is 232 g/mol. The molecule has 1 heterocycles. The number of nitrogens with one attached hydrogen (secondary N) is 1. The summed E-state index contributed by atoms with van der Waals surface area (Å²) >= 11 is 0. The summed E-state index contributed by atoms with van der Waals surface area (Å²) in [7, 11) is 0. The van der Waals surface area contributed by atoms with Crippen LogP contribution in [0.15, 0.2) is 0 Å². The molecule has 0 radical (unpaired) electrons. The van der Waals surface area contributed by atoms with E-state index in [-0.39, 0.29) is 0 Å². The van der Waals surface area contributed by atoms with Gasteiger partial charge in [0, 0.05) is 25.2 Å². The van der Waals surface area contributed by atoms with Gasteiger partial charge < -0.3 is 10.2 Å².